The third-order valence-corrected chi connectivity index (χ3v) is 7.31. The smallest absolute Gasteiger partial charge is 0.161 e. The van der Waals surface area contributed by atoms with Gasteiger partial charge >= 0.3 is 0 Å². The maximum atomic E-state index is 10.4. The average molecular weight is 510 g/mol. The molecule has 4 rings (SSSR count). The first-order valence-corrected chi connectivity index (χ1v) is 11.4. The van der Waals surface area contributed by atoms with Crippen LogP contribution in [0.5, 0.6) is 11.5 Å². The van der Waals surface area contributed by atoms with Crippen LogP contribution < -0.4 is 9.47 Å². The SMILES string of the molecule is CCc1ccc([C@H]2C[C@@H](O)C(I)[C@@H](CO)O2)cc1Cc1ccc2c(c1)OCCO2. The van der Waals surface area contributed by atoms with Gasteiger partial charge in [-0.05, 0) is 47.2 Å². The molecular formula is C23H27IO5. The standard InChI is InChI=1S/C23H27IO5/c1-2-15-4-5-16(20-12-18(26)23(24)22(13-25)29-20)11-17(15)9-14-3-6-19-21(10-14)28-8-7-27-19/h3-6,10-11,18,20,22-23,25-26H,2,7-9,12-13H2,1H3/t18-,20-,22-,23?/m1/s1. The number of aliphatic hydroxyl groups excluding tert-OH is 2. The molecule has 1 fully saturated rings. The Balaban J connectivity index is 1.59. The third-order valence-electron chi connectivity index (χ3n) is 5.68. The van der Waals surface area contributed by atoms with Crippen molar-refractivity contribution in [2.75, 3.05) is 19.8 Å². The van der Waals surface area contributed by atoms with Gasteiger partial charge in [0.25, 0.3) is 0 Å². The van der Waals surface area contributed by atoms with Crippen molar-refractivity contribution in [3.8, 4) is 11.5 Å². The van der Waals surface area contributed by atoms with Crippen LogP contribution in [-0.4, -0.2) is 46.2 Å². The van der Waals surface area contributed by atoms with Crippen molar-refractivity contribution >= 4 is 22.6 Å². The fraction of sp³-hybridized carbons (Fsp3) is 0.478. The van der Waals surface area contributed by atoms with Crippen LogP contribution in [0.2, 0.25) is 0 Å². The molecule has 2 N–H and O–H groups in total. The van der Waals surface area contributed by atoms with Gasteiger partial charge in [-0.3, -0.25) is 0 Å². The van der Waals surface area contributed by atoms with E-state index in [4.69, 9.17) is 14.2 Å². The number of rotatable bonds is 5. The Morgan fingerprint density at radius 3 is 2.59 bits per heavy atom. The molecule has 4 atom stereocenters. The van der Waals surface area contributed by atoms with Gasteiger partial charge in [-0.25, -0.2) is 0 Å². The number of alkyl halides is 1. The van der Waals surface area contributed by atoms with E-state index in [1.807, 2.05) is 6.07 Å². The summed E-state index contributed by atoms with van der Waals surface area (Å²) in [6, 6.07) is 12.6. The maximum absolute atomic E-state index is 10.4. The summed E-state index contributed by atoms with van der Waals surface area (Å²) >= 11 is 2.17. The van der Waals surface area contributed by atoms with E-state index in [-0.39, 0.29) is 22.7 Å². The Morgan fingerprint density at radius 1 is 1.03 bits per heavy atom. The summed E-state index contributed by atoms with van der Waals surface area (Å²) in [6.07, 6.45) is 1.23. The maximum Gasteiger partial charge on any atom is 0.161 e. The van der Waals surface area contributed by atoms with Gasteiger partial charge in [-0.1, -0.05) is 53.8 Å². The minimum absolute atomic E-state index is 0.0851. The van der Waals surface area contributed by atoms with Gasteiger partial charge in [0.05, 0.1) is 28.8 Å². The van der Waals surface area contributed by atoms with Gasteiger partial charge in [0.15, 0.2) is 11.5 Å². The lowest BCUT2D eigenvalue weighted by atomic mass is 9.91. The monoisotopic (exact) mass is 510 g/mol. The predicted molar refractivity (Wildman–Crippen MR) is 119 cm³/mol. The van der Waals surface area contributed by atoms with E-state index in [1.165, 1.54) is 16.7 Å². The summed E-state index contributed by atoms with van der Waals surface area (Å²) in [7, 11) is 0. The zero-order chi connectivity index (χ0) is 20.4. The normalized spacial score (nSPS) is 26.3. The quantitative estimate of drug-likeness (QED) is 0.476. The highest BCUT2D eigenvalue weighted by molar-refractivity contribution is 14.1. The zero-order valence-electron chi connectivity index (χ0n) is 16.5. The van der Waals surface area contributed by atoms with Gasteiger partial charge in [-0.15, -0.1) is 0 Å². The van der Waals surface area contributed by atoms with Crippen molar-refractivity contribution in [2.45, 2.75) is 48.4 Å². The molecule has 29 heavy (non-hydrogen) atoms. The van der Waals surface area contributed by atoms with Crippen molar-refractivity contribution in [3.05, 3.63) is 58.7 Å². The van der Waals surface area contributed by atoms with Crippen molar-refractivity contribution in [2.24, 2.45) is 0 Å². The lowest BCUT2D eigenvalue weighted by Crippen LogP contribution is -2.43. The molecule has 0 saturated carbocycles. The highest BCUT2D eigenvalue weighted by atomic mass is 127. The van der Waals surface area contributed by atoms with E-state index < -0.39 is 6.10 Å². The number of fused-ring (bicyclic) bond motifs is 1. The van der Waals surface area contributed by atoms with Crippen LogP contribution in [0.4, 0.5) is 0 Å². The molecule has 0 radical (unpaired) electrons. The van der Waals surface area contributed by atoms with Crippen molar-refractivity contribution < 1.29 is 24.4 Å². The molecule has 0 bridgehead atoms. The molecule has 1 saturated heterocycles. The van der Waals surface area contributed by atoms with Crippen molar-refractivity contribution in [3.63, 3.8) is 0 Å². The van der Waals surface area contributed by atoms with Crippen molar-refractivity contribution in [1.29, 1.82) is 0 Å². The Labute approximate surface area is 185 Å². The van der Waals surface area contributed by atoms with E-state index in [2.05, 4.69) is 59.8 Å². The Hall–Kier alpha value is -1.35. The molecule has 2 heterocycles. The summed E-state index contributed by atoms with van der Waals surface area (Å²) in [5.74, 6) is 1.61. The van der Waals surface area contributed by atoms with Crippen LogP contribution in [0.15, 0.2) is 36.4 Å². The molecule has 0 amide bonds. The molecule has 6 heteroatoms. The molecule has 0 aliphatic carbocycles. The minimum atomic E-state index is -0.487. The van der Waals surface area contributed by atoms with Crippen LogP contribution in [0.1, 0.15) is 41.7 Å². The molecule has 0 spiro atoms. The Morgan fingerprint density at radius 2 is 1.83 bits per heavy atom. The third kappa shape index (κ3) is 4.55. The zero-order valence-corrected chi connectivity index (χ0v) is 18.7. The van der Waals surface area contributed by atoms with Crippen molar-refractivity contribution in [1.82, 2.24) is 0 Å². The summed E-state index contributed by atoms with van der Waals surface area (Å²) in [4.78, 5) is 0. The number of hydrogen-bond donors (Lipinski definition) is 2. The number of hydrogen-bond acceptors (Lipinski definition) is 5. The molecule has 2 aromatic rings. The highest BCUT2D eigenvalue weighted by Gasteiger charge is 2.36. The van der Waals surface area contributed by atoms with E-state index in [9.17, 15) is 10.2 Å². The van der Waals surface area contributed by atoms with Crippen LogP contribution in [0, 0.1) is 0 Å². The van der Waals surface area contributed by atoms with E-state index >= 15 is 0 Å². The molecule has 2 aliphatic heterocycles. The second-order valence-corrected chi connectivity index (χ2v) is 9.07. The van der Waals surface area contributed by atoms with Gasteiger partial charge in [0.2, 0.25) is 0 Å². The summed E-state index contributed by atoms with van der Waals surface area (Å²) in [5.41, 5.74) is 4.77. The fourth-order valence-corrected chi connectivity index (χ4v) is 4.76. The van der Waals surface area contributed by atoms with Gasteiger partial charge in [0.1, 0.15) is 13.2 Å². The van der Waals surface area contributed by atoms with Gasteiger partial charge < -0.3 is 24.4 Å². The largest absolute Gasteiger partial charge is 0.486 e. The summed E-state index contributed by atoms with van der Waals surface area (Å²) in [6.45, 7) is 3.25. The number of halogens is 1. The van der Waals surface area contributed by atoms with Gasteiger partial charge in [0, 0.05) is 6.42 Å². The minimum Gasteiger partial charge on any atom is -0.486 e. The molecule has 2 aromatic carbocycles. The number of ether oxygens (including phenoxy) is 3. The predicted octanol–water partition coefficient (Wildman–Crippen LogP) is 3.60. The molecule has 5 nitrogen and oxygen atoms in total. The van der Waals surface area contributed by atoms with Crippen LogP contribution in [0.25, 0.3) is 0 Å². The number of aryl methyl sites for hydroxylation is 1. The lowest BCUT2D eigenvalue weighted by molar-refractivity contribution is -0.105. The highest BCUT2D eigenvalue weighted by Crippen LogP contribution is 2.36. The Bertz CT molecular complexity index is 855. The summed E-state index contributed by atoms with van der Waals surface area (Å²) < 4.78 is 17.4. The second kappa shape index (κ2) is 9.20. The Kier molecular flexibility index (Phi) is 6.63. The van der Waals surface area contributed by atoms with E-state index in [1.54, 1.807) is 0 Å². The topological polar surface area (TPSA) is 68.2 Å². The fourth-order valence-electron chi connectivity index (χ4n) is 4.07. The number of benzene rings is 2. The molecule has 0 aromatic heterocycles. The van der Waals surface area contributed by atoms with Crippen LogP contribution >= 0.6 is 22.6 Å². The van der Waals surface area contributed by atoms with Crippen LogP contribution in [0.3, 0.4) is 0 Å². The number of aliphatic hydroxyl groups is 2. The molecular weight excluding hydrogens is 483 g/mol. The molecule has 1 unspecified atom stereocenters. The molecule has 2 aliphatic rings. The lowest BCUT2D eigenvalue weighted by Gasteiger charge is -2.36. The van der Waals surface area contributed by atoms with Crippen LogP contribution in [-0.2, 0) is 17.6 Å². The first-order valence-electron chi connectivity index (χ1n) is 10.2. The summed E-state index contributed by atoms with van der Waals surface area (Å²) in [5, 5.41) is 20.0. The first kappa shape index (κ1) is 20.9. The average Bonchev–Trinajstić information content (AvgIpc) is 2.75. The second-order valence-electron chi connectivity index (χ2n) is 7.63. The van der Waals surface area contributed by atoms with E-state index in [0.29, 0.717) is 19.6 Å². The molecule has 156 valence electrons. The van der Waals surface area contributed by atoms with Gasteiger partial charge in [-0.2, -0.15) is 0 Å². The van der Waals surface area contributed by atoms with E-state index in [0.717, 1.165) is 29.9 Å². The first-order chi connectivity index (χ1) is 14.1.